The van der Waals surface area contributed by atoms with Gasteiger partial charge in [-0.05, 0) is 19.9 Å². The summed E-state index contributed by atoms with van der Waals surface area (Å²) in [5.74, 6) is -1.35. The summed E-state index contributed by atoms with van der Waals surface area (Å²) < 4.78 is 10.7. The van der Waals surface area contributed by atoms with Crippen LogP contribution in [-0.2, 0) is 14.3 Å². The highest BCUT2D eigenvalue weighted by molar-refractivity contribution is 8.14. The average molecular weight is 390 g/mol. The molecule has 3 rings (SSSR count). The third kappa shape index (κ3) is 3.97. The monoisotopic (exact) mass is 390 g/mol. The molecule has 8 nitrogen and oxygen atoms in total. The number of nitrogens with zero attached hydrogens (tertiary/aromatic N) is 1. The molecule has 2 heterocycles. The zero-order chi connectivity index (χ0) is 19.6. The summed E-state index contributed by atoms with van der Waals surface area (Å²) in [7, 11) is 0. The zero-order valence-electron chi connectivity index (χ0n) is 14.8. The van der Waals surface area contributed by atoms with Crippen LogP contribution >= 0.6 is 11.8 Å². The highest BCUT2D eigenvalue weighted by Gasteiger charge is 2.30. The number of hydrogen-bond donors (Lipinski definition) is 1. The predicted molar refractivity (Wildman–Crippen MR) is 98.4 cm³/mol. The lowest BCUT2D eigenvalue weighted by molar-refractivity contribution is -0.130. The first-order chi connectivity index (χ1) is 12.9. The van der Waals surface area contributed by atoms with E-state index in [9.17, 15) is 19.2 Å². The number of nitrogens with one attached hydrogen (secondary N) is 1. The SMILES string of the molecule is Cc1c(C(=O)O[C@@H](C)C(=O)NCCN2C(=O)CSC2=O)oc2ccccc12. The van der Waals surface area contributed by atoms with Crippen LogP contribution in [0.3, 0.4) is 0 Å². The van der Waals surface area contributed by atoms with Crippen LogP contribution in [0.2, 0.25) is 0 Å². The molecule has 0 radical (unpaired) electrons. The van der Waals surface area contributed by atoms with Crippen molar-refractivity contribution in [1.82, 2.24) is 10.2 Å². The number of thioether (sulfide) groups is 1. The summed E-state index contributed by atoms with van der Waals surface area (Å²) >= 11 is 0.933. The van der Waals surface area contributed by atoms with Gasteiger partial charge in [-0.1, -0.05) is 30.0 Å². The Labute approximate surface area is 159 Å². The smallest absolute Gasteiger partial charge is 0.375 e. The van der Waals surface area contributed by atoms with Crippen LogP contribution < -0.4 is 5.32 Å². The van der Waals surface area contributed by atoms with Gasteiger partial charge >= 0.3 is 5.97 Å². The first-order valence-corrected chi connectivity index (χ1v) is 9.31. The standard InChI is InChI=1S/C18H18N2O6S/c1-10-12-5-3-4-6-13(12)26-15(10)17(23)25-11(2)16(22)19-7-8-20-14(21)9-27-18(20)24/h3-6,11H,7-9H2,1-2H3,(H,19,22)/t11-/m0/s1. The van der Waals surface area contributed by atoms with Crippen LogP contribution in [0.25, 0.3) is 11.0 Å². The molecule has 0 saturated carbocycles. The van der Waals surface area contributed by atoms with Crippen LogP contribution in [-0.4, -0.2) is 52.9 Å². The number of fused-ring (bicyclic) bond motifs is 1. The molecular weight excluding hydrogens is 372 g/mol. The number of carbonyl (C=O) groups excluding carboxylic acids is 4. The molecule has 142 valence electrons. The summed E-state index contributed by atoms with van der Waals surface area (Å²) in [5.41, 5.74) is 1.21. The maximum absolute atomic E-state index is 12.3. The fourth-order valence-corrected chi connectivity index (χ4v) is 3.42. The maximum atomic E-state index is 12.3. The van der Waals surface area contributed by atoms with Crippen molar-refractivity contribution in [3.63, 3.8) is 0 Å². The molecule has 1 atom stereocenters. The molecular formula is C18H18N2O6S. The number of aryl methyl sites for hydroxylation is 1. The molecule has 0 spiro atoms. The van der Waals surface area contributed by atoms with Gasteiger partial charge in [-0.15, -0.1) is 0 Å². The molecule has 9 heteroatoms. The molecule has 1 aromatic heterocycles. The Kier molecular flexibility index (Phi) is 5.50. The van der Waals surface area contributed by atoms with Gasteiger partial charge in [0, 0.05) is 24.0 Å². The van der Waals surface area contributed by atoms with Crippen LogP contribution in [0.15, 0.2) is 28.7 Å². The summed E-state index contributed by atoms with van der Waals surface area (Å²) in [6.07, 6.45) is -1.05. The number of imide groups is 1. The van der Waals surface area contributed by atoms with Gasteiger partial charge in [0.1, 0.15) is 5.58 Å². The summed E-state index contributed by atoms with van der Waals surface area (Å²) in [6, 6.07) is 7.21. The van der Waals surface area contributed by atoms with Gasteiger partial charge in [0.2, 0.25) is 11.7 Å². The Hall–Kier alpha value is -2.81. The van der Waals surface area contributed by atoms with Crippen molar-refractivity contribution in [3.05, 3.63) is 35.6 Å². The minimum atomic E-state index is -1.05. The molecule has 0 aliphatic carbocycles. The zero-order valence-corrected chi connectivity index (χ0v) is 15.6. The van der Waals surface area contributed by atoms with Gasteiger partial charge in [-0.25, -0.2) is 4.79 Å². The van der Waals surface area contributed by atoms with Crippen LogP contribution in [0.4, 0.5) is 4.79 Å². The minimum Gasteiger partial charge on any atom is -0.449 e. The van der Waals surface area contributed by atoms with Crippen molar-refractivity contribution in [2.75, 3.05) is 18.8 Å². The normalized spacial score (nSPS) is 15.3. The van der Waals surface area contributed by atoms with Crippen molar-refractivity contribution in [2.24, 2.45) is 0 Å². The number of amides is 3. The van der Waals surface area contributed by atoms with Crippen molar-refractivity contribution in [1.29, 1.82) is 0 Å². The van der Waals surface area contributed by atoms with Gasteiger partial charge in [0.05, 0.1) is 5.75 Å². The van der Waals surface area contributed by atoms with Crippen molar-refractivity contribution < 1.29 is 28.3 Å². The number of benzene rings is 1. The quantitative estimate of drug-likeness (QED) is 0.753. The van der Waals surface area contributed by atoms with Crippen molar-refractivity contribution in [2.45, 2.75) is 20.0 Å². The molecule has 1 aromatic carbocycles. The lowest BCUT2D eigenvalue weighted by Gasteiger charge is -2.15. The highest BCUT2D eigenvalue weighted by Crippen LogP contribution is 2.25. The molecule has 2 aromatic rings. The first-order valence-electron chi connectivity index (χ1n) is 8.32. The van der Waals surface area contributed by atoms with Gasteiger partial charge in [0.15, 0.2) is 6.10 Å². The molecule has 3 amide bonds. The summed E-state index contributed by atoms with van der Waals surface area (Å²) in [6.45, 7) is 3.35. The topological polar surface area (TPSA) is 106 Å². The van der Waals surface area contributed by atoms with E-state index >= 15 is 0 Å². The van der Waals surface area contributed by atoms with Crippen LogP contribution in [0, 0.1) is 6.92 Å². The Balaban J connectivity index is 1.54. The lowest BCUT2D eigenvalue weighted by Crippen LogP contribution is -2.41. The maximum Gasteiger partial charge on any atom is 0.375 e. The third-order valence-electron chi connectivity index (χ3n) is 4.16. The number of ether oxygens (including phenoxy) is 1. The summed E-state index contributed by atoms with van der Waals surface area (Å²) in [5, 5.41) is 3.03. The van der Waals surface area contributed by atoms with Crippen LogP contribution in [0.1, 0.15) is 23.0 Å². The molecule has 1 fully saturated rings. The molecule has 0 bridgehead atoms. The summed E-state index contributed by atoms with van der Waals surface area (Å²) in [4.78, 5) is 48.5. The van der Waals surface area contributed by atoms with E-state index in [0.717, 1.165) is 22.0 Å². The Morgan fingerprint density at radius 2 is 2.07 bits per heavy atom. The van der Waals surface area contributed by atoms with Crippen molar-refractivity contribution >= 4 is 45.8 Å². The van der Waals surface area contributed by atoms with Gasteiger partial charge in [0.25, 0.3) is 11.1 Å². The number of carbonyl (C=O) groups is 4. The Bertz CT molecular complexity index is 906. The second kappa shape index (κ2) is 7.83. The molecule has 1 aliphatic rings. The van der Waals surface area contributed by atoms with Gasteiger partial charge in [-0.2, -0.15) is 0 Å². The number of furan rings is 1. The lowest BCUT2D eigenvalue weighted by atomic mass is 10.1. The van der Waals surface area contributed by atoms with E-state index in [1.807, 2.05) is 12.1 Å². The van der Waals surface area contributed by atoms with Gasteiger partial charge in [-0.3, -0.25) is 19.3 Å². The number of hydrogen-bond acceptors (Lipinski definition) is 7. The average Bonchev–Trinajstić information content (AvgIpc) is 3.15. The van der Waals surface area contributed by atoms with E-state index in [-0.39, 0.29) is 35.7 Å². The molecule has 0 unspecified atom stereocenters. The molecule has 1 N–H and O–H groups in total. The third-order valence-corrected chi connectivity index (χ3v) is 5.02. The number of esters is 1. The molecule has 1 aliphatic heterocycles. The fourth-order valence-electron chi connectivity index (χ4n) is 2.67. The Morgan fingerprint density at radius 1 is 1.33 bits per heavy atom. The van der Waals surface area contributed by atoms with Crippen LogP contribution in [0.5, 0.6) is 0 Å². The largest absolute Gasteiger partial charge is 0.449 e. The number of para-hydroxylation sites is 1. The fraction of sp³-hybridized carbons (Fsp3) is 0.333. The van der Waals surface area contributed by atoms with Gasteiger partial charge < -0.3 is 14.5 Å². The van der Waals surface area contributed by atoms with Crippen molar-refractivity contribution in [3.8, 4) is 0 Å². The van der Waals surface area contributed by atoms with E-state index in [1.54, 1.807) is 19.1 Å². The highest BCUT2D eigenvalue weighted by atomic mass is 32.2. The second-order valence-electron chi connectivity index (χ2n) is 5.99. The second-order valence-corrected chi connectivity index (χ2v) is 6.92. The van der Waals surface area contributed by atoms with E-state index in [0.29, 0.717) is 11.1 Å². The van der Waals surface area contributed by atoms with E-state index in [2.05, 4.69) is 5.32 Å². The first kappa shape index (κ1) is 19.0. The predicted octanol–water partition coefficient (Wildman–Crippen LogP) is 2.10. The van der Waals surface area contributed by atoms with E-state index < -0.39 is 18.0 Å². The van der Waals surface area contributed by atoms with E-state index in [1.165, 1.54) is 6.92 Å². The molecule has 1 saturated heterocycles. The minimum absolute atomic E-state index is 0.0566. The number of rotatable bonds is 6. The molecule has 27 heavy (non-hydrogen) atoms. The van der Waals surface area contributed by atoms with E-state index in [4.69, 9.17) is 9.15 Å². The Morgan fingerprint density at radius 3 is 2.74 bits per heavy atom.